The fraction of sp³-hybridized carbons (Fsp3) is 0.556. The second-order valence-electron chi connectivity index (χ2n) is 3.30. The monoisotopic (exact) mass is 213 g/mol. The molecule has 0 radical (unpaired) electrons. The number of carbonyl (C=O) groups excluding carboxylic acids is 1. The van der Waals surface area contributed by atoms with Gasteiger partial charge in [-0.15, -0.1) is 11.3 Å². The molecule has 0 unspecified atom stereocenters. The SMILES string of the molecule is Cc1nc(CNC(=O)N(C)C)sc1C. The summed E-state index contributed by atoms with van der Waals surface area (Å²) in [5, 5.41) is 3.73. The minimum Gasteiger partial charge on any atom is -0.331 e. The van der Waals surface area contributed by atoms with Gasteiger partial charge in [0, 0.05) is 19.0 Å². The summed E-state index contributed by atoms with van der Waals surface area (Å²) >= 11 is 1.62. The predicted molar refractivity (Wildman–Crippen MR) is 57.5 cm³/mol. The summed E-state index contributed by atoms with van der Waals surface area (Å²) in [6.07, 6.45) is 0. The van der Waals surface area contributed by atoms with E-state index in [1.807, 2.05) is 13.8 Å². The Morgan fingerprint density at radius 1 is 1.50 bits per heavy atom. The standard InChI is InChI=1S/C9H15N3OS/c1-6-7(2)14-8(11-6)5-10-9(13)12(3)4/h5H2,1-4H3,(H,10,13). The van der Waals surface area contributed by atoms with E-state index in [4.69, 9.17) is 0 Å². The number of carbonyl (C=O) groups is 1. The van der Waals surface area contributed by atoms with Crippen molar-refractivity contribution >= 4 is 17.4 Å². The van der Waals surface area contributed by atoms with Gasteiger partial charge in [0.1, 0.15) is 5.01 Å². The number of thiazole rings is 1. The number of nitrogens with zero attached hydrogens (tertiary/aromatic N) is 2. The van der Waals surface area contributed by atoms with E-state index >= 15 is 0 Å². The van der Waals surface area contributed by atoms with E-state index in [0.717, 1.165) is 10.7 Å². The van der Waals surface area contributed by atoms with Gasteiger partial charge in [-0.05, 0) is 13.8 Å². The predicted octanol–water partition coefficient (Wildman–Crippen LogP) is 1.53. The smallest absolute Gasteiger partial charge is 0.317 e. The molecule has 0 aromatic carbocycles. The van der Waals surface area contributed by atoms with Gasteiger partial charge in [0.15, 0.2) is 0 Å². The van der Waals surface area contributed by atoms with Crippen LogP contribution in [0.15, 0.2) is 0 Å². The van der Waals surface area contributed by atoms with Crippen molar-refractivity contribution in [1.29, 1.82) is 0 Å². The van der Waals surface area contributed by atoms with E-state index < -0.39 is 0 Å². The molecule has 0 atom stereocenters. The van der Waals surface area contributed by atoms with E-state index in [1.165, 1.54) is 9.78 Å². The molecule has 0 aliphatic carbocycles. The fourth-order valence-corrected chi connectivity index (χ4v) is 1.80. The van der Waals surface area contributed by atoms with Crippen LogP contribution in [0.25, 0.3) is 0 Å². The van der Waals surface area contributed by atoms with Gasteiger partial charge < -0.3 is 10.2 Å². The third-order valence-corrected chi connectivity index (χ3v) is 2.94. The molecule has 0 aliphatic heterocycles. The van der Waals surface area contributed by atoms with Crippen molar-refractivity contribution in [2.24, 2.45) is 0 Å². The molecule has 0 bridgehead atoms. The van der Waals surface area contributed by atoms with E-state index in [0.29, 0.717) is 6.54 Å². The van der Waals surface area contributed by atoms with Gasteiger partial charge in [-0.1, -0.05) is 0 Å². The number of aryl methyl sites for hydroxylation is 2. The number of hydrogen-bond acceptors (Lipinski definition) is 3. The molecule has 0 saturated heterocycles. The van der Waals surface area contributed by atoms with Gasteiger partial charge in [-0.3, -0.25) is 0 Å². The first-order valence-electron chi connectivity index (χ1n) is 4.38. The summed E-state index contributed by atoms with van der Waals surface area (Å²) < 4.78 is 0. The third-order valence-electron chi connectivity index (χ3n) is 1.87. The van der Waals surface area contributed by atoms with Crippen molar-refractivity contribution in [3.8, 4) is 0 Å². The summed E-state index contributed by atoms with van der Waals surface area (Å²) in [5.74, 6) is 0. The van der Waals surface area contributed by atoms with Crippen molar-refractivity contribution < 1.29 is 4.79 Å². The largest absolute Gasteiger partial charge is 0.331 e. The van der Waals surface area contributed by atoms with Crippen LogP contribution < -0.4 is 5.32 Å². The maximum absolute atomic E-state index is 11.2. The first-order chi connectivity index (χ1) is 6.50. The second kappa shape index (κ2) is 4.41. The van der Waals surface area contributed by atoms with Crippen LogP contribution in [-0.4, -0.2) is 30.0 Å². The molecule has 5 heteroatoms. The molecule has 78 valence electrons. The first-order valence-corrected chi connectivity index (χ1v) is 5.20. The van der Waals surface area contributed by atoms with E-state index in [9.17, 15) is 4.79 Å². The number of nitrogens with one attached hydrogen (secondary N) is 1. The van der Waals surface area contributed by atoms with Crippen LogP contribution in [-0.2, 0) is 6.54 Å². The maximum atomic E-state index is 11.2. The molecule has 1 N–H and O–H groups in total. The van der Waals surface area contributed by atoms with Gasteiger partial charge in [0.05, 0.1) is 12.2 Å². The van der Waals surface area contributed by atoms with Crippen LogP contribution >= 0.6 is 11.3 Å². The molecule has 0 aliphatic rings. The minimum absolute atomic E-state index is 0.0875. The molecular weight excluding hydrogens is 198 g/mol. The molecule has 0 fully saturated rings. The lowest BCUT2D eigenvalue weighted by atomic mass is 10.4. The van der Waals surface area contributed by atoms with Crippen molar-refractivity contribution in [2.75, 3.05) is 14.1 Å². The number of amides is 2. The Bertz CT molecular complexity index is 313. The number of rotatable bonds is 2. The zero-order valence-electron chi connectivity index (χ0n) is 8.92. The molecule has 0 spiro atoms. The van der Waals surface area contributed by atoms with Crippen molar-refractivity contribution in [3.63, 3.8) is 0 Å². The Balaban J connectivity index is 2.50. The van der Waals surface area contributed by atoms with Crippen LogP contribution in [0.4, 0.5) is 4.79 Å². The second-order valence-corrected chi connectivity index (χ2v) is 4.59. The molecule has 1 heterocycles. The van der Waals surface area contributed by atoms with Crippen LogP contribution in [0.5, 0.6) is 0 Å². The summed E-state index contributed by atoms with van der Waals surface area (Å²) in [4.78, 5) is 18.2. The zero-order valence-corrected chi connectivity index (χ0v) is 9.73. The fourth-order valence-electron chi connectivity index (χ4n) is 0.924. The lowest BCUT2D eigenvalue weighted by molar-refractivity contribution is 0.217. The molecule has 1 rings (SSSR count). The highest BCUT2D eigenvalue weighted by molar-refractivity contribution is 7.11. The van der Waals surface area contributed by atoms with Gasteiger partial charge in [0.25, 0.3) is 0 Å². The van der Waals surface area contributed by atoms with Gasteiger partial charge in [-0.25, -0.2) is 9.78 Å². The molecule has 0 saturated carbocycles. The highest BCUT2D eigenvalue weighted by Gasteiger charge is 2.06. The minimum atomic E-state index is -0.0875. The molecular formula is C9H15N3OS. The van der Waals surface area contributed by atoms with Crippen molar-refractivity contribution in [1.82, 2.24) is 15.2 Å². The van der Waals surface area contributed by atoms with Crippen molar-refractivity contribution in [2.45, 2.75) is 20.4 Å². The van der Waals surface area contributed by atoms with Gasteiger partial charge in [0.2, 0.25) is 0 Å². The lowest BCUT2D eigenvalue weighted by Gasteiger charge is -2.10. The summed E-state index contributed by atoms with van der Waals surface area (Å²) in [6.45, 7) is 4.52. The van der Waals surface area contributed by atoms with Gasteiger partial charge in [-0.2, -0.15) is 0 Å². The Morgan fingerprint density at radius 2 is 2.14 bits per heavy atom. The average Bonchev–Trinajstić information content (AvgIpc) is 2.42. The molecule has 1 aromatic rings. The first kappa shape index (κ1) is 11.0. The highest BCUT2D eigenvalue weighted by atomic mass is 32.1. The summed E-state index contributed by atoms with van der Waals surface area (Å²) in [5.41, 5.74) is 1.05. The topological polar surface area (TPSA) is 45.2 Å². The average molecular weight is 213 g/mol. The Labute approximate surface area is 88.0 Å². The highest BCUT2D eigenvalue weighted by Crippen LogP contribution is 2.15. The van der Waals surface area contributed by atoms with Gasteiger partial charge >= 0.3 is 6.03 Å². The van der Waals surface area contributed by atoms with Crippen LogP contribution in [0.1, 0.15) is 15.6 Å². The molecule has 1 aromatic heterocycles. The van der Waals surface area contributed by atoms with Crippen LogP contribution in [0.2, 0.25) is 0 Å². The van der Waals surface area contributed by atoms with Crippen LogP contribution in [0.3, 0.4) is 0 Å². The third kappa shape index (κ3) is 2.70. The summed E-state index contributed by atoms with van der Waals surface area (Å²) in [7, 11) is 3.43. The maximum Gasteiger partial charge on any atom is 0.317 e. The molecule has 14 heavy (non-hydrogen) atoms. The Kier molecular flexibility index (Phi) is 3.46. The van der Waals surface area contributed by atoms with E-state index in [1.54, 1.807) is 25.4 Å². The summed E-state index contributed by atoms with van der Waals surface area (Å²) in [6, 6.07) is -0.0875. The van der Waals surface area contributed by atoms with E-state index in [-0.39, 0.29) is 6.03 Å². The molecule has 2 amide bonds. The lowest BCUT2D eigenvalue weighted by Crippen LogP contribution is -2.33. The Morgan fingerprint density at radius 3 is 2.57 bits per heavy atom. The molecule has 4 nitrogen and oxygen atoms in total. The van der Waals surface area contributed by atoms with Crippen LogP contribution in [0, 0.1) is 13.8 Å². The number of hydrogen-bond donors (Lipinski definition) is 1. The number of aromatic nitrogens is 1. The normalized spacial score (nSPS) is 10.0. The number of urea groups is 1. The van der Waals surface area contributed by atoms with Crippen molar-refractivity contribution in [3.05, 3.63) is 15.6 Å². The quantitative estimate of drug-likeness (QED) is 0.809. The Hall–Kier alpha value is -1.10. The zero-order chi connectivity index (χ0) is 10.7. The van der Waals surface area contributed by atoms with E-state index in [2.05, 4.69) is 10.3 Å².